The zero-order chi connectivity index (χ0) is 25.1. The number of ether oxygens (including phenoxy) is 1. The number of sulfonamides is 1. The van der Waals surface area contributed by atoms with Gasteiger partial charge in [-0.25, -0.2) is 23.1 Å². The fourth-order valence-corrected chi connectivity index (χ4v) is 4.29. The monoisotopic (exact) mass is 482 g/mol. The van der Waals surface area contributed by atoms with Gasteiger partial charge >= 0.3 is 0 Å². The van der Waals surface area contributed by atoms with E-state index in [0.717, 1.165) is 5.56 Å². The summed E-state index contributed by atoms with van der Waals surface area (Å²) in [6, 6.07) is 15.2. The number of carbonyl (C=O) groups excluding carboxylic acids is 1. The van der Waals surface area contributed by atoms with Crippen molar-refractivity contribution in [3.8, 4) is 5.75 Å². The first-order valence-electron chi connectivity index (χ1n) is 10.9. The largest absolute Gasteiger partial charge is 0.481 e. The van der Waals surface area contributed by atoms with E-state index in [-0.39, 0.29) is 22.2 Å². The van der Waals surface area contributed by atoms with E-state index >= 15 is 0 Å². The van der Waals surface area contributed by atoms with Crippen LogP contribution in [0.3, 0.4) is 0 Å². The van der Waals surface area contributed by atoms with Crippen molar-refractivity contribution in [3.63, 3.8) is 0 Å². The highest BCUT2D eigenvalue weighted by atomic mass is 32.2. The van der Waals surface area contributed by atoms with E-state index in [2.05, 4.69) is 40.8 Å². The third-order valence-electron chi connectivity index (χ3n) is 5.01. The van der Waals surface area contributed by atoms with Crippen LogP contribution in [0.15, 0.2) is 59.5 Å². The molecule has 3 aromatic rings. The molecule has 0 aliphatic rings. The van der Waals surface area contributed by atoms with Crippen LogP contribution in [0, 0.1) is 13.8 Å². The molecule has 1 aromatic heterocycles. The van der Waals surface area contributed by atoms with E-state index in [0.29, 0.717) is 22.8 Å². The van der Waals surface area contributed by atoms with Crippen molar-refractivity contribution in [2.24, 2.45) is 0 Å². The van der Waals surface area contributed by atoms with E-state index in [9.17, 15) is 13.2 Å². The van der Waals surface area contributed by atoms with Crippen LogP contribution in [0.2, 0.25) is 0 Å². The van der Waals surface area contributed by atoms with Crippen LogP contribution in [0.1, 0.15) is 44.6 Å². The van der Waals surface area contributed by atoms with Gasteiger partial charge in [-0.1, -0.05) is 39.0 Å². The first-order chi connectivity index (χ1) is 15.8. The molecule has 0 aliphatic heterocycles. The number of benzene rings is 2. The molecule has 0 saturated carbocycles. The van der Waals surface area contributed by atoms with Crippen molar-refractivity contribution in [2.75, 3.05) is 10.0 Å². The average molecular weight is 483 g/mol. The summed E-state index contributed by atoms with van der Waals surface area (Å²) in [6.07, 6.45) is -0.754. The van der Waals surface area contributed by atoms with Crippen molar-refractivity contribution in [1.82, 2.24) is 9.97 Å². The maximum absolute atomic E-state index is 12.7. The van der Waals surface area contributed by atoms with Crippen LogP contribution in [-0.4, -0.2) is 30.4 Å². The summed E-state index contributed by atoms with van der Waals surface area (Å²) < 4.78 is 33.7. The van der Waals surface area contributed by atoms with Gasteiger partial charge in [0.15, 0.2) is 6.10 Å². The third kappa shape index (κ3) is 6.32. The Bertz CT molecular complexity index is 1260. The maximum Gasteiger partial charge on any atom is 0.265 e. The van der Waals surface area contributed by atoms with Gasteiger partial charge in [-0.3, -0.25) is 4.79 Å². The molecule has 0 bridgehead atoms. The minimum absolute atomic E-state index is 0.0105. The molecular formula is C25H30N4O4S. The molecule has 1 heterocycles. The van der Waals surface area contributed by atoms with Crippen LogP contribution in [0.5, 0.6) is 5.75 Å². The molecule has 2 aromatic carbocycles. The minimum Gasteiger partial charge on any atom is -0.481 e. The summed E-state index contributed by atoms with van der Waals surface area (Å²) in [5.74, 6) is 0.316. The summed E-state index contributed by atoms with van der Waals surface area (Å²) in [4.78, 5) is 20.9. The number of nitrogens with zero attached hydrogens (tertiary/aromatic N) is 2. The molecule has 0 saturated heterocycles. The molecule has 1 amide bonds. The fourth-order valence-electron chi connectivity index (χ4n) is 3.34. The predicted octanol–water partition coefficient (Wildman–Crippen LogP) is 4.60. The van der Waals surface area contributed by atoms with Crippen LogP contribution in [0.25, 0.3) is 0 Å². The second-order valence-corrected chi connectivity index (χ2v) is 10.8. The first-order valence-corrected chi connectivity index (χ1v) is 12.4. The molecule has 0 radical (unpaired) electrons. The van der Waals surface area contributed by atoms with Crippen molar-refractivity contribution >= 4 is 27.6 Å². The van der Waals surface area contributed by atoms with Gasteiger partial charge in [0, 0.05) is 17.1 Å². The highest BCUT2D eigenvalue weighted by Crippen LogP contribution is 2.31. The molecule has 0 spiro atoms. The first kappa shape index (κ1) is 25.2. The normalized spacial score (nSPS) is 12.6. The summed E-state index contributed by atoms with van der Waals surface area (Å²) in [6.45, 7) is 11.4. The highest BCUT2D eigenvalue weighted by Gasteiger charge is 2.22. The minimum atomic E-state index is -3.88. The number of hydrogen-bond acceptors (Lipinski definition) is 6. The van der Waals surface area contributed by atoms with Gasteiger partial charge in [0.1, 0.15) is 5.75 Å². The second kappa shape index (κ2) is 9.80. The molecule has 34 heavy (non-hydrogen) atoms. The maximum atomic E-state index is 12.7. The molecule has 3 rings (SSSR count). The summed E-state index contributed by atoms with van der Waals surface area (Å²) in [7, 11) is -3.88. The fraction of sp³-hybridized carbons (Fsp3) is 0.320. The van der Waals surface area contributed by atoms with Crippen molar-refractivity contribution < 1.29 is 17.9 Å². The van der Waals surface area contributed by atoms with E-state index in [1.54, 1.807) is 26.8 Å². The van der Waals surface area contributed by atoms with E-state index in [1.165, 1.54) is 24.3 Å². The molecule has 2 N–H and O–H groups in total. The van der Waals surface area contributed by atoms with E-state index in [1.807, 2.05) is 24.3 Å². The Kier molecular flexibility index (Phi) is 7.26. The zero-order valence-electron chi connectivity index (χ0n) is 20.2. The quantitative estimate of drug-likeness (QED) is 0.509. The summed E-state index contributed by atoms with van der Waals surface area (Å²) in [5.41, 5.74) is 2.63. The molecule has 0 fully saturated rings. The summed E-state index contributed by atoms with van der Waals surface area (Å²) >= 11 is 0. The average Bonchev–Trinajstić information content (AvgIpc) is 2.72. The molecule has 1 atom stereocenters. The number of carbonyl (C=O) groups is 1. The molecular weight excluding hydrogens is 452 g/mol. The zero-order valence-corrected chi connectivity index (χ0v) is 21.0. The standard InChI is InChI=1S/C25H30N4O4S/c1-16-15-17(2)27-24(26-16)29-34(31,32)20-13-11-19(12-14-20)28-23(30)18(3)33-22-10-8-7-9-21(22)25(4,5)6/h7-15,18H,1-6H3,(H,28,30)(H,26,27,29). The Balaban J connectivity index is 1.68. The number of rotatable bonds is 7. The predicted molar refractivity (Wildman–Crippen MR) is 133 cm³/mol. The van der Waals surface area contributed by atoms with Gasteiger partial charge in [-0.2, -0.15) is 0 Å². The Morgan fingerprint density at radius 3 is 2.15 bits per heavy atom. The highest BCUT2D eigenvalue weighted by molar-refractivity contribution is 7.92. The number of para-hydroxylation sites is 1. The lowest BCUT2D eigenvalue weighted by Crippen LogP contribution is -2.31. The number of nitrogens with one attached hydrogen (secondary N) is 2. The molecule has 1 unspecified atom stereocenters. The molecule has 0 aliphatic carbocycles. The molecule has 9 heteroatoms. The SMILES string of the molecule is Cc1cc(C)nc(NS(=O)(=O)c2ccc(NC(=O)C(C)Oc3ccccc3C(C)(C)C)cc2)n1. The van der Waals surface area contributed by atoms with Gasteiger partial charge in [0.25, 0.3) is 15.9 Å². The Hall–Kier alpha value is -3.46. The van der Waals surface area contributed by atoms with Crippen LogP contribution in [-0.2, 0) is 20.2 Å². The number of anilines is 2. The van der Waals surface area contributed by atoms with Crippen LogP contribution >= 0.6 is 0 Å². The lowest BCUT2D eigenvalue weighted by Gasteiger charge is -2.24. The van der Waals surface area contributed by atoms with Crippen molar-refractivity contribution in [2.45, 2.75) is 58.0 Å². The lowest BCUT2D eigenvalue weighted by atomic mass is 9.86. The third-order valence-corrected chi connectivity index (χ3v) is 6.35. The van der Waals surface area contributed by atoms with Gasteiger partial charge < -0.3 is 10.1 Å². The van der Waals surface area contributed by atoms with Crippen molar-refractivity contribution in [1.29, 1.82) is 0 Å². The lowest BCUT2D eigenvalue weighted by molar-refractivity contribution is -0.122. The van der Waals surface area contributed by atoms with E-state index in [4.69, 9.17) is 4.74 Å². The molecule has 180 valence electrons. The van der Waals surface area contributed by atoms with Crippen LogP contribution in [0.4, 0.5) is 11.6 Å². The number of amides is 1. The van der Waals surface area contributed by atoms with Gasteiger partial charge in [0.05, 0.1) is 4.90 Å². The Morgan fingerprint density at radius 1 is 0.971 bits per heavy atom. The van der Waals surface area contributed by atoms with Gasteiger partial charge in [-0.05, 0) is 68.1 Å². The number of aryl methyl sites for hydroxylation is 2. The smallest absolute Gasteiger partial charge is 0.265 e. The van der Waals surface area contributed by atoms with Gasteiger partial charge in [-0.15, -0.1) is 0 Å². The molecule has 8 nitrogen and oxygen atoms in total. The Labute approximate surface area is 200 Å². The van der Waals surface area contributed by atoms with E-state index < -0.39 is 16.1 Å². The topological polar surface area (TPSA) is 110 Å². The number of hydrogen-bond donors (Lipinski definition) is 2. The Morgan fingerprint density at radius 2 is 1.56 bits per heavy atom. The van der Waals surface area contributed by atoms with Crippen LogP contribution < -0.4 is 14.8 Å². The van der Waals surface area contributed by atoms with Crippen molar-refractivity contribution in [3.05, 3.63) is 71.5 Å². The summed E-state index contributed by atoms with van der Waals surface area (Å²) in [5, 5.41) is 2.76. The van der Waals surface area contributed by atoms with Gasteiger partial charge in [0.2, 0.25) is 5.95 Å². The number of aromatic nitrogens is 2. The second-order valence-electron chi connectivity index (χ2n) is 9.10.